The van der Waals surface area contributed by atoms with Crippen molar-refractivity contribution in [2.45, 2.75) is 12.8 Å². The van der Waals surface area contributed by atoms with Gasteiger partial charge in [0.15, 0.2) is 0 Å². The van der Waals surface area contributed by atoms with Gasteiger partial charge in [-0.05, 0) is 0 Å². The van der Waals surface area contributed by atoms with Crippen LogP contribution in [0.1, 0.15) is 12.8 Å². The fourth-order valence-electron chi connectivity index (χ4n) is 1.77. The maximum atomic E-state index is 4.08. The normalized spacial score (nSPS) is 13.8. The minimum atomic E-state index is -0.108. The number of ether oxygens (including phenoxy) is 1. The number of hydrogen-bond acceptors (Lipinski definition) is 0. The Kier molecular flexibility index (Phi) is 6.03. The molecule has 2 heteroatoms. The minimum absolute atomic E-state index is 0.108. The van der Waals surface area contributed by atoms with Gasteiger partial charge in [-0.1, -0.05) is 0 Å². The SMILES string of the molecule is C1CC[OH+]C1.c1cc[c]([Ge][c]2ccccc2)cc1. The van der Waals surface area contributed by atoms with Crippen LogP contribution in [0.4, 0.5) is 0 Å². The molecule has 0 spiro atoms. The Hall–Kier alpha value is -1.06. The summed E-state index contributed by atoms with van der Waals surface area (Å²) >= 11 is -0.108. The van der Waals surface area contributed by atoms with Crippen molar-refractivity contribution in [1.82, 2.24) is 0 Å². The molecule has 2 aromatic carbocycles. The standard InChI is InChI=1S/C12H10Ge.C4H8O/c1-3-7-11(8-4-1)13-12-9-5-2-6-10-12;1-2-4-5-3-1/h1-10H;1-4H2/p+1. The van der Waals surface area contributed by atoms with Gasteiger partial charge in [0.25, 0.3) is 0 Å². The molecule has 0 unspecified atom stereocenters. The van der Waals surface area contributed by atoms with Crippen LogP contribution in [0.3, 0.4) is 0 Å². The van der Waals surface area contributed by atoms with Crippen molar-refractivity contribution in [2.75, 3.05) is 13.2 Å². The first-order valence-electron chi connectivity index (χ1n) is 6.45. The van der Waals surface area contributed by atoms with E-state index in [1.807, 2.05) is 0 Å². The molecular formula is C16H19GeO+. The van der Waals surface area contributed by atoms with E-state index in [4.69, 9.17) is 0 Å². The first-order chi connectivity index (χ1) is 8.95. The molecule has 2 radical (unpaired) electrons. The third kappa shape index (κ3) is 5.07. The van der Waals surface area contributed by atoms with E-state index in [-0.39, 0.29) is 15.4 Å². The summed E-state index contributed by atoms with van der Waals surface area (Å²) in [6.45, 7) is 2.25. The summed E-state index contributed by atoms with van der Waals surface area (Å²) in [6, 6.07) is 21.5. The number of benzene rings is 2. The van der Waals surface area contributed by atoms with Crippen molar-refractivity contribution in [3.8, 4) is 0 Å². The van der Waals surface area contributed by atoms with E-state index in [9.17, 15) is 0 Å². The fourth-order valence-corrected chi connectivity index (χ4v) is 3.97. The van der Waals surface area contributed by atoms with Crippen LogP contribution in [0.15, 0.2) is 60.7 Å². The Morgan fingerprint density at radius 3 is 1.44 bits per heavy atom. The molecule has 1 aliphatic heterocycles. The molecule has 1 fully saturated rings. The molecule has 0 aromatic heterocycles. The van der Waals surface area contributed by atoms with E-state index < -0.39 is 0 Å². The Balaban J connectivity index is 0.000000202. The summed E-state index contributed by atoms with van der Waals surface area (Å²) in [5.41, 5.74) is 0. The van der Waals surface area contributed by atoms with Crippen LogP contribution in [0.2, 0.25) is 0 Å². The predicted molar refractivity (Wildman–Crippen MR) is 79.1 cm³/mol. The molecule has 0 bridgehead atoms. The van der Waals surface area contributed by atoms with Gasteiger partial charge < -0.3 is 4.74 Å². The molecule has 0 amide bonds. The van der Waals surface area contributed by atoms with Gasteiger partial charge in [0.1, 0.15) is 13.2 Å². The predicted octanol–water partition coefficient (Wildman–Crippen LogP) is 1.65. The van der Waals surface area contributed by atoms with E-state index in [0.717, 1.165) is 13.2 Å². The van der Waals surface area contributed by atoms with E-state index in [1.54, 1.807) is 0 Å². The third-order valence-corrected chi connectivity index (χ3v) is 5.33. The molecule has 92 valence electrons. The van der Waals surface area contributed by atoms with Gasteiger partial charge in [-0.2, -0.15) is 0 Å². The van der Waals surface area contributed by atoms with Gasteiger partial charge in [0.05, 0.1) is 0 Å². The summed E-state index contributed by atoms with van der Waals surface area (Å²) in [6.07, 6.45) is 2.67. The first kappa shape index (κ1) is 13.4. The number of rotatable bonds is 2. The molecule has 2 aromatic rings. The van der Waals surface area contributed by atoms with Crippen LogP contribution in [0.5, 0.6) is 0 Å². The van der Waals surface area contributed by atoms with Crippen molar-refractivity contribution in [3.63, 3.8) is 0 Å². The van der Waals surface area contributed by atoms with Crippen molar-refractivity contribution in [3.05, 3.63) is 60.7 Å². The average molecular weight is 300 g/mol. The zero-order valence-electron chi connectivity index (χ0n) is 10.5. The van der Waals surface area contributed by atoms with Crippen LogP contribution in [-0.2, 0) is 0 Å². The third-order valence-electron chi connectivity index (χ3n) is 2.72. The molecule has 0 atom stereocenters. The Labute approximate surface area is 116 Å². The van der Waals surface area contributed by atoms with Gasteiger partial charge in [0, 0.05) is 12.8 Å². The molecule has 3 rings (SSSR count). The molecule has 1 aliphatic rings. The number of hydrogen-bond donors (Lipinski definition) is 0. The molecule has 1 nitrogen and oxygen atoms in total. The van der Waals surface area contributed by atoms with Crippen LogP contribution in [-0.4, -0.2) is 33.4 Å². The quantitative estimate of drug-likeness (QED) is 0.591. The van der Waals surface area contributed by atoms with Crippen LogP contribution >= 0.6 is 0 Å². The number of aliphatic hydroxyl groups is 2. The van der Waals surface area contributed by atoms with E-state index in [2.05, 4.69) is 65.4 Å². The van der Waals surface area contributed by atoms with Crippen LogP contribution in [0, 0.1) is 0 Å². The van der Waals surface area contributed by atoms with Crippen LogP contribution < -0.4 is 8.79 Å². The van der Waals surface area contributed by atoms with Gasteiger partial charge >= 0.3 is 84.9 Å². The molecule has 1 heterocycles. The topological polar surface area (TPSA) is 12.8 Å². The second-order valence-electron chi connectivity index (χ2n) is 4.23. The molecule has 1 saturated heterocycles. The van der Waals surface area contributed by atoms with E-state index in [1.165, 1.54) is 21.6 Å². The fraction of sp³-hybridized carbons (Fsp3) is 0.250. The summed E-state index contributed by atoms with van der Waals surface area (Å²) in [4.78, 5) is 0. The van der Waals surface area contributed by atoms with Gasteiger partial charge in [-0.3, -0.25) is 0 Å². The zero-order chi connectivity index (χ0) is 12.5. The molecule has 18 heavy (non-hydrogen) atoms. The van der Waals surface area contributed by atoms with Gasteiger partial charge in [0.2, 0.25) is 0 Å². The van der Waals surface area contributed by atoms with Crippen molar-refractivity contribution in [1.29, 1.82) is 0 Å². The van der Waals surface area contributed by atoms with Gasteiger partial charge in [-0.25, -0.2) is 0 Å². The monoisotopic (exact) mass is 301 g/mol. The first-order valence-corrected chi connectivity index (χ1v) is 8.55. The van der Waals surface area contributed by atoms with E-state index >= 15 is 0 Å². The van der Waals surface area contributed by atoms with Crippen molar-refractivity contribution in [2.24, 2.45) is 0 Å². The maximum absolute atomic E-state index is 4.08. The van der Waals surface area contributed by atoms with E-state index in [0.29, 0.717) is 0 Å². The zero-order valence-corrected chi connectivity index (χ0v) is 12.6. The average Bonchev–Trinajstić information content (AvgIpc) is 3.00. The molecular weight excluding hydrogens is 281 g/mol. The Morgan fingerprint density at radius 1 is 0.667 bits per heavy atom. The molecule has 0 saturated carbocycles. The second-order valence-corrected chi connectivity index (χ2v) is 7.18. The Bertz CT molecular complexity index is 378. The molecule has 0 aliphatic carbocycles. The summed E-state index contributed by atoms with van der Waals surface area (Å²) in [7, 11) is 0. The summed E-state index contributed by atoms with van der Waals surface area (Å²) in [5, 5.41) is 0. The second kappa shape index (κ2) is 8.12. The summed E-state index contributed by atoms with van der Waals surface area (Å²) in [5.74, 6) is 0. The molecule has 1 N–H and O–H groups in total. The van der Waals surface area contributed by atoms with Gasteiger partial charge in [-0.15, -0.1) is 0 Å². The Morgan fingerprint density at radius 2 is 1.11 bits per heavy atom. The summed E-state index contributed by atoms with van der Waals surface area (Å²) < 4.78 is 7.07. The van der Waals surface area contributed by atoms with Crippen molar-refractivity contribution < 1.29 is 4.74 Å². The van der Waals surface area contributed by atoms with Crippen molar-refractivity contribution >= 4 is 24.2 Å². The van der Waals surface area contributed by atoms with Crippen LogP contribution in [0.25, 0.3) is 0 Å².